The molecule has 0 unspecified atom stereocenters. The van der Waals surface area contributed by atoms with Crippen molar-refractivity contribution < 1.29 is 4.79 Å². The Kier molecular flexibility index (Phi) is 6.06. The molecule has 1 rings (SSSR count). The topological polar surface area (TPSA) is 58.9 Å². The van der Waals surface area contributed by atoms with Crippen molar-refractivity contribution >= 4 is 18.3 Å². The van der Waals surface area contributed by atoms with Crippen molar-refractivity contribution in [1.82, 2.24) is 20.4 Å². The molecule has 0 aliphatic carbocycles. The molecule has 92 valence electrons. The Labute approximate surface area is 102 Å². The van der Waals surface area contributed by atoms with E-state index in [2.05, 4.69) is 15.7 Å². The van der Waals surface area contributed by atoms with Crippen LogP contribution in [-0.2, 0) is 7.05 Å². The molecular formula is C10H19ClN4O. The third-order valence-electron chi connectivity index (χ3n) is 2.40. The molecule has 16 heavy (non-hydrogen) atoms. The average Bonchev–Trinajstić information content (AvgIpc) is 2.41. The van der Waals surface area contributed by atoms with E-state index in [0.717, 1.165) is 17.9 Å². The van der Waals surface area contributed by atoms with E-state index in [9.17, 15) is 4.79 Å². The summed E-state index contributed by atoms with van der Waals surface area (Å²) in [5.41, 5.74) is 2.36. The molecule has 0 radical (unpaired) electrons. The molecular weight excluding hydrogens is 228 g/mol. The fourth-order valence-corrected chi connectivity index (χ4v) is 1.49. The van der Waals surface area contributed by atoms with Gasteiger partial charge in [-0.25, -0.2) is 0 Å². The average molecular weight is 247 g/mol. The number of hydrogen-bond acceptors (Lipinski definition) is 3. The Morgan fingerprint density at radius 2 is 2.00 bits per heavy atom. The lowest BCUT2D eigenvalue weighted by Gasteiger charge is -2.04. The molecule has 0 bridgehead atoms. The van der Waals surface area contributed by atoms with E-state index in [1.807, 2.05) is 27.9 Å². The number of carbonyl (C=O) groups is 1. The molecule has 6 heteroatoms. The third kappa shape index (κ3) is 3.21. The summed E-state index contributed by atoms with van der Waals surface area (Å²) in [6.45, 7) is 5.14. The molecule has 1 heterocycles. The molecule has 0 spiro atoms. The highest BCUT2D eigenvalue weighted by molar-refractivity contribution is 5.96. The van der Waals surface area contributed by atoms with Gasteiger partial charge >= 0.3 is 0 Å². The first-order chi connectivity index (χ1) is 7.07. The molecule has 1 amide bonds. The molecule has 0 saturated carbocycles. The Bertz CT molecular complexity index is 362. The fourth-order valence-electron chi connectivity index (χ4n) is 1.49. The third-order valence-corrected chi connectivity index (χ3v) is 2.40. The molecule has 5 nitrogen and oxygen atoms in total. The van der Waals surface area contributed by atoms with Crippen LogP contribution in [0, 0.1) is 13.8 Å². The summed E-state index contributed by atoms with van der Waals surface area (Å²) in [6.07, 6.45) is 0. The number of nitrogens with one attached hydrogen (secondary N) is 2. The summed E-state index contributed by atoms with van der Waals surface area (Å²) in [5, 5.41) is 10.0. The smallest absolute Gasteiger partial charge is 0.255 e. The molecule has 0 aliphatic rings. The van der Waals surface area contributed by atoms with E-state index < -0.39 is 0 Å². The monoisotopic (exact) mass is 246 g/mol. The van der Waals surface area contributed by atoms with E-state index in [1.54, 1.807) is 4.68 Å². The summed E-state index contributed by atoms with van der Waals surface area (Å²) in [4.78, 5) is 11.8. The number of rotatable bonds is 4. The predicted molar refractivity (Wildman–Crippen MR) is 66.2 cm³/mol. The van der Waals surface area contributed by atoms with Gasteiger partial charge in [0.25, 0.3) is 5.91 Å². The van der Waals surface area contributed by atoms with Crippen molar-refractivity contribution in [3.05, 3.63) is 17.0 Å². The minimum Gasteiger partial charge on any atom is -0.351 e. The number of aryl methyl sites for hydroxylation is 2. The number of likely N-dealkylation sites (N-methyl/N-ethyl adjacent to an activating group) is 1. The van der Waals surface area contributed by atoms with Gasteiger partial charge in [-0.1, -0.05) is 0 Å². The maximum atomic E-state index is 11.8. The van der Waals surface area contributed by atoms with Crippen molar-refractivity contribution in [2.45, 2.75) is 13.8 Å². The van der Waals surface area contributed by atoms with Gasteiger partial charge in [-0.2, -0.15) is 5.10 Å². The van der Waals surface area contributed by atoms with E-state index in [-0.39, 0.29) is 18.3 Å². The summed E-state index contributed by atoms with van der Waals surface area (Å²) < 4.78 is 1.72. The number of aromatic nitrogens is 2. The fraction of sp³-hybridized carbons (Fsp3) is 0.600. The number of halogens is 1. The normalized spacial score (nSPS) is 9.75. The van der Waals surface area contributed by atoms with Crippen molar-refractivity contribution in [2.75, 3.05) is 20.1 Å². The van der Waals surface area contributed by atoms with Crippen LogP contribution in [0.2, 0.25) is 0 Å². The van der Waals surface area contributed by atoms with Gasteiger partial charge in [0, 0.05) is 25.8 Å². The molecule has 0 fully saturated rings. The van der Waals surface area contributed by atoms with Gasteiger partial charge in [-0.3, -0.25) is 9.48 Å². The molecule has 0 aromatic carbocycles. The van der Waals surface area contributed by atoms with Gasteiger partial charge in [-0.05, 0) is 20.9 Å². The van der Waals surface area contributed by atoms with Crippen LogP contribution < -0.4 is 10.6 Å². The zero-order valence-corrected chi connectivity index (χ0v) is 10.9. The number of carbonyl (C=O) groups excluding carboxylic acids is 1. The van der Waals surface area contributed by atoms with Gasteiger partial charge < -0.3 is 10.6 Å². The standard InChI is InChI=1S/C10H18N4O.ClH/c1-7-9(8(2)14(4)13-7)10(15)12-6-5-11-3;/h11H,5-6H2,1-4H3,(H,12,15);1H. The number of amides is 1. The van der Waals surface area contributed by atoms with Crippen LogP contribution in [0.5, 0.6) is 0 Å². The summed E-state index contributed by atoms with van der Waals surface area (Å²) >= 11 is 0. The van der Waals surface area contributed by atoms with E-state index >= 15 is 0 Å². The van der Waals surface area contributed by atoms with Crippen molar-refractivity contribution in [3.63, 3.8) is 0 Å². The first kappa shape index (κ1) is 14.9. The minimum atomic E-state index is -0.0478. The molecule has 1 aromatic rings. The molecule has 0 saturated heterocycles. The van der Waals surface area contributed by atoms with Crippen molar-refractivity contribution in [3.8, 4) is 0 Å². The molecule has 2 N–H and O–H groups in total. The van der Waals surface area contributed by atoms with Gasteiger partial charge in [-0.15, -0.1) is 12.4 Å². The lowest BCUT2D eigenvalue weighted by molar-refractivity contribution is 0.0953. The van der Waals surface area contributed by atoms with Crippen LogP contribution in [0.3, 0.4) is 0 Å². The second-order valence-corrected chi connectivity index (χ2v) is 3.53. The van der Waals surface area contributed by atoms with Crippen molar-refractivity contribution in [1.29, 1.82) is 0 Å². The van der Waals surface area contributed by atoms with E-state index in [1.165, 1.54) is 0 Å². The maximum Gasteiger partial charge on any atom is 0.255 e. The van der Waals surface area contributed by atoms with Crippen LogP contribution in [0.4, 0.5) is 0 Å². The lowest BCUT2D eigenvalue weighted by atomic mass is 10.2. The highest BCUT2D eigenvalue weighted by Gasteiger charge is 2.16. The molecule has 0 aliphatic heterocycles. The molecule has 1 aromatic heterocycles. The quantitative estimate of drug-likeness (QED) is 0.757. The van der Waals surface area contributed by atoms with Crippen LogP contribution in [-0.4, -0.2) is 35.8 Å². The summed E-state index contributed by atoms with van der Waals surface area (Å²) in [5.74, 6) is -0.0478. The zero-order chi connectivity index (χ0) is 11.4. The van der Waals surface area contributed by atoms with E-state index in [0.29, 0.717) is 12.1 Å². The largest absolute Gasteiger partial charge is 0.351 e. The first-order valence-corrected chi connectivity index (χ1v) is 5.01. The van der Waals surface area contributed by atoms with Crippen molar-refractivity contribution in [2.24, 2.45) is 7.05 Å². The highest BCUT2D eigenvalue weighted by atomic mass is 35.5. The minimum absolute atomic E-state index is 0. The van der Waals surface area contributed by atoms with E-state index in [4.69, 9.17) is 0 Å². The maximum absolute atomic E-state index is 11.8. The summed E-state index contributed by atoms with van der Waals surface area (Å²) in [6, 6.07) is 0. The Morgan fingerprint density at radius 3 is 2.44 bits per heavy atom. The second kappa shape index (κ2) is 6.50. The Morgan fingerprint density at radius 1 is 1.38 bits per heavy atom. The van der Waals surface area contributed by atoms with Crippen LogP contribution in [0.25, 0.3) is 0 Å². The number of nitrogens with zero attached hydrogens (tertiary/aromatic N) is 2. The van der Waals surface area contributed by atoms with Gasteiger partial charge in [0.2, 0.25) is 0 Å². The lowest BCUT2D eigenvalue weighted by Crippen LogP contribution is -2.31. The zero-order valence-electron chi connectivity index (χ0n) is 10.1. The van der Waals surface area contributed by atoms with Gasteiger partial charge in [0.1, 0.15) is 0 Å². The SMILES string of the molecule is CNCCNC(=O)c1c(C)nn(C)c1C.Cl. The molecule has 0 atom stereocenters. The summed E-state index contributed by atoms with van der Waals surface area (Å²) in [7, 11) is 3.69. The van der Waals surface area contributed by atoms with Gasteiger partial charge in [0.15, 0.2) is 0 Å². The van der Waals surface area contributed by atoms with Crippen LogP contribution in [0.15, 0.2) is 0 Å². The first-order valence-electron chi connectivity index (χ1n) is 5.01. The van der Waals surface area contributed by atoms with Crippen LogP contribution >= 0.6 is 12.4 Å². The highest BCUT2D eigenvalue weighted by Crippen LogP contribution is 2.10. The predicted octanol–water partition coefficient (Wildman–Crippen LogP) is 0.408. The number of hydrogen-bond donors (Lipinski definition) is 2. The van der Waals surface area contributed by atoms with Crippen LogP contribution in [0.1, 0.15) is 21.7 Å². The Hall–Kier alpha value is -1.07. The second-order valence-electron chi connectivity index (χ2n) is 3.53. The van der Waals surface area contributed by atoms with Gasteiger partial charge in [0.05, 0.1) is 11.3 Å². The Balaban J connectivity index is 0.00000225.